The first kappa shape index (κ1) is 20.0. The van der Waals surface area contributed by atoms with Crippen LogP contribution in [0.3, 0.4) is 0 Å². The Kier molecular flexibility index (Phi) is 6.00. The van der Waals surface area contributed by atoms with Gasteiger partial charge < -0.3 is 14.2 Å². The predicted octanol–water partition coefficient (Wildman–Crippen LogP) is 6.29. The van der Waals surface area contributed by atoms with Crippen molar-refractivity contribution in [2.24, 2.45) is 0 Å². The minimum Gasteiger partial charge on any atom is -0.491 e. The molecule has 0 amide bonds. The molecule has 154 valence electrons. The van der Waals surface area contributed by atoms with E-state index in [0.29, 0.717) is 24.8 Å². The van der Waals surface area contributed by atoms with Crippen LogP contribution in [0.15, 0.2) is 72.8 Å². The summed E-state index contributed by atoms with van der Waals surface area (Å²) in [4.78, 5) is 0. The van der Waals surface area contributed by atoms with Crippen molar-refractivity contribution in [3.8, 4) is 23.1 Å². The van der Waals surface area contributed by atoms with E-state index in [9.17, 15) is 4.39 Å². The molecule has 0 saturated heterocycles. The van der Waals surface area contributed by atoms with Crippen molar-refractivity contribution in [3.05, 3.63) is 84.2 Å². The van der Waals surface area contributed by atoms with Gasteiger partial charge in [-0.15, -0.1) is 0 Å². The molecule has 4 aromatic rings. The van der Waals surface area contributed by atoms with Gasteiger partial charge in [0.25, 0.3) is 0 Å². The van der Waals surface area contributed by atoms with Crippen LogP contribution >= 0.6 is 0 Å². The summed E-state index contributed by atoms with van der Waals surface area (Å²) in [6, 6.07) is 22.4. The number of aryl methyl sites for hydroxylation is 1. The number of nitrogens with zero attached hydrogens (tertiary/aromatic N) is 1. The smallest absolute Gasteiger partial charge is 0.205 e. The SMILES string of the molecule is COCCCOc1ccccc1-n1c(Oc2cc(F)ccc2C)cc2ccccc21. The van der Waals surface area contributed by atoms with Crippen molar-refractivity contribution in [2.45, 2.75) is 13.3 Å². The Labute approximate surface area is 175 Å². The number of fused-ring (bicyclic) bond motifs is 1. The summed E-state index contributed by atoms with van der Waals surface area (Å²) in [6.07, 6.45) is 0.795. The third-order valence-corrected chi connectivity index (χ3v) is 4.90. The molecule has 4 nitrogen and oxygen atoms in total. The average Bonchev–Trinajstić information content (AvgIpc) is 3.12. The molecule has 0 saturated carbocycles. The highest BCUT2D eigenvalue weighted by molar-refractivity contribution is 5.85. The largest absolute Gasteiger partial charge is 0.491 e. The summed E-state index contributed by atoms with van der Waals surface area (Å²) in [5, 5.41) is 1.02. The van der Waals surface area contributed by atoms with Gasteiger partial charge in [0.15, 0.2) is 0 Å². The topological polar surface area (TPSA) is 32.6 Å². The van der Waals surface area contributed by atoms with E-state index < -0.39 is 0 Å². The third-order valence-electron chi connectivity index (χ3n) is 4.90. The highest BCUT2D eigenvalue weighted by Crippen LogP contribution is 2.37. The lowest BCUT2D eigenvalue weighted by molar-refractivity contribution is 0.172. The molecule has 30 heavy (non-hydrogen) atoms. The standard InChI is InChI=1S/C25H24FNO3/c1-18-12-13-20(26)17-24(18)30-25-16-19-8-3-4-9-21(19)27(25)22-10-5-6-11-23(22)29-15-7-14-28-2/h3-6,8-13,16-17H,7,14-15H2,1-2H3. The molecule has 0 aliphatic carbocycles. The van der Waals surface area contributed by atoms with Crippen LogP contribution in [0.5, 0.6) is 17.4 Å². The van der Waals surface area contributed by atoms with E-state index >= 15 is 0 Å². The number of hydrogen-bond donors (Lipinski definition) is 0. The molecule has 3 aromatic carbocycles. The molecule has 0 atom stereocenters. The molecule has 1 aromatic heterocycles. The summed E-state index contributed by atoms with van der Waals surface area (Å²) in [5.74, 6) is 1.49. The predicted molar refractivity (Wildman–Crippen MR) is 116 cm³/mol. The molecule has 0 N–H and O–H groups in total. The molecule has 0 radical (unpaired) electrons. The fraction of sp³-hybridized carbons (Fsp3) is 0.200. The molecule has 0 unspecified atom stereocenters. The van der Waals surface area contributed by atoms with Gasteiger partial charge in [-0.05, 0) is 36.8 Å². The number of ether oxygens (including phenoxy) is 3. The number of benzene rings is 3. The second-order valence-electron chi connectivity index (χ2n) is 7.05. The average molecular weight is 405 g/mol. The summed E-state index contributed by atoms with van der Waals surface area (Å²) in [5.41, 5.74) is 2.70. The van der Waals surface area contributed by atoms with Gasteiger partial charge in [-0.2, -0.15) is 0 Å². The quantitative estimate of drug-likeness (QED) is 0.323. The van der Waals surface area contributed by atoms with Crippen molar-refractivity contribution in [1.82, 2.24) is 4.57 Å². The molecule has 0 aliphatic rings. The van der Waals surface area contributed by atoms with Crippen LogP contribution in [0.4, 0.5) is 4.39 Å². The number of hydrogen-bond acceptors (Lipinski definition) is 3. The van der Waals surface area contributed by atoms with Crippen LogP contribution in [0, 0.1) is 12.7 Å². The summed E-state index contributed by atoms with van der Waals surface area (Å²) in [6.45, 7) is 3.08. The molecule has 4 rings (SSSR count). The molecule has 0 bridgehead atoms. The van der Waals surface area contributed by atoms with Gasteiger partial charge in [0.1, 0.15) is 17.3 Å². The molecule has 0 aliphatic heterocycles. The van der Waals surface area contributed by atoms with Gasteiger partial charge in [-0.25, -0.2) is 4.39 Å². The van der Waals surface area contributed by atoms with Gasteiger partial charge in [0.2, 0.25) is 5.88 Å². The lowest BCUT2D eigenvalue weighted by atomic mass is 10.2. The zero-order valence-corrected chi connectivity index (χ0v) is 17.1. The maximum Gasteiger partial charge on any atom is 0.205 e. The monoisotopic (exact) mass is 405 g/mol. The molecule has 0 fully saturated rings. The maximum absolute atomic E-state index is 13.8. The van der Waals surface area contributed by atoms with Gasteiger partial charge in [0.05, 0.1) is 17.8 Å². The van der Waals surface area contributed by atoms with Crippen LogP contribution in [0.2, 0.25) is 0 Å². The Morgan fingerprint density at radius 3 is 2.53 bits per heavy atom. The number of rotatable bonds is 8. The van der Waals surface area contributed by atoms with Gasteiger partial charge >= 0.3 is 0 Å². The van der Waals surface area contributed by atoms with Crippen molar-refractivity contribution >= 4 is 10.9 Å². The number of aromatic nitrogens is 1. The van der Waals surface area contributed by atoms with Gasteiger partial charge in [-0.1, -0.05) is 36.4 Å². The van der Waals surface area contributed by atoms with E-state index in [1.165, 1.54) is 12.1 Å². The third kappa shape index (κ3) is 4.16. The minimum atomic E-state index is -0.333. The first-order valence-corrected chi connectivity index (χ1v) is 9.93. The first-order chi connectivity index (χ1) is 14.7. The van der Waals surface area contributed by atoms with E-state index in [1.54, 1.807) is 13.2 Å². The lowest BCUT2D eigenvalue weighted by Gasteiger charge is -2.17. The molecule has 1 heterocycles. The lowest BCUT2D eigenvalue weighted by Crippen LogP contribution is -2.05. The Hall–Kier alpha value is -3.31. The van der Waals surface area contributed by atoms with E-state index in [2.05, 4.69) is 0 Å². The fourth-order valence-corrected chi connectivity index (χ4v) is 3.40. The Bertz CT molecular complexity index is 1150. The van der Waals surface area contributed by atoms with Crippen molar-refractivity contribution < 1.29 is 18.6 Å². The molecular formula is C25H24FNO3. The molecule has 5 heteroatoms. The summed E-state index contributed by atoms with van der Waals surface area (Å²) >= 11 is 0. The second kappa shape index (κ2) is 9.01. The van der Waals surface area contributed by atoms with Crippen molar-refractivity contribution in [1.29, 1.82) is 0 Å². The van der Waals surface area contributed by atoms with E-state index in [0.717, 1.165) is 34.3 Å². The second-order valence-corrected chi connectivity index (χ2v) is 7.05. The zero-order chi connectivity index (χ0) is 20.9. The molecular weight excluding hydrogens is 381 g/mol. The minimum absolute atomic E-state index is 0.333. The highest BCUT2D eigenvalue weighted by Gasteiger charge is 2.17. The van der Waals surface area contributed by atoms with E-state index in [-0.39, 0.29) is 5.82 Å². The Morgan fingerprint density at radius 2 is 1.67 bits per heavy atom. The first-order valence-electron chi connectivity index (χ1n) is 9.93. The zero-order valence-electron chi connectivity index (χ0n) is 17.1. The Morgan fingerprint density at radius 1 is 0.867 bits per heavy atom. The maximum atomic E-state index is 13.8. The van der Waals surface area contributed by atoms with E-state index in [1.807, 2.05) is 66.1 Å². The van der Waals surface area contributed by atoms with Crippen LogP contribution in [0.25, 0.3) is 16.6 Å². The number of halogens is 1. The number of methoxy groups -OCH3 is 1. The molecule has 0 spiro atoms. The normalized spacial score (nSPS) is 11.0. The summed E-state index contributed by atoms with van der Waals surface area (Å²) in [7, 11) is 1.68. The van der Waals surface area contributed by atoms with Crippen LogP contribution in [0.1, 0.15) is 12.0 Å². The van der Waals surface area contributed by atoms with E-state index in [4.69, 9.17) is 14.2 Å². The van der Waals surface area contributed by atoms with Crippen LogP contribution < -0.4 is 9.47 Å². The van der Waals surface area contributed by atoms with Gasteiger partial charge in [-0.3, -0.25) is 4.57 Å². The van der Waals surface area contributed by atoms with Gasteiger partial charge in [0, 0.05) is 37.7 Å². The van der Waals surface area contributed by atoms with Crippen LogP contribution in [-0.4, -0.2) is 24.9 Å². The highest BCUT2D eigenvalue weighted by atomic mass is 19.1. The van der Waals surface area contributed by atoms with Crippen molar-refractivity contribution in [3.63, 3.8) is 0 Å². The van der Waals surface area contributed by atoms with Crippen LogP contribution in [-0.2, 0) is 4.74 Å². The number of para-hydroxylation sites is 3. The Balaban J connectivity index is 1.79. The summed E-state index contributed by atoms with van der Waals surface area (Å²) < 4.78 is 33.2. The van der Waals surface area contributed by atoms with Crippen molar-refractivity contribution in [2.75, 3.05) is 20.3 Å². The fourth-order valence-electron chi connectivity index (χ4n) is 3.40.